The number of ether oxygens (including phenoxy) is 3. The number of morpholine rings is 1. The van der Waals surface area contributed by atoms with E-state index in [1.54, 1.807) is 36.4 Å². The molecule has 1 unspecified atom stereocenters. The monoisotopic (exact) mass is 462 g/mol. The van der Waals surface area contributed by atoms with E-state index in [4.69, 9.17) is 14.2 Å². The smallest absolute Gasteiger partial charge is 0.254 e. The molecule has 3 aromatic rings. The zero-order chi connectivity index (χ0) is 23.9. The van der Waals surface area contributed by atoms with Crippen LogP contribution >= 0.6 is 0 Å². The summed E-state index contributed by atoms with van der Waals surface area (Å²) >= 11 is 0. The van der Waals surface area contributed by atoms with Gasteiger partial charge in [0.2, 0.25) is 11.8 Å². The van der Waals surface area contributed by atoms with E-state index in [9.17, 15) is 10.1 Å². The average Bonchev–Trinajstić information content (AvgIpc) is 3.40. The number of carbonyl (C=O) groups excluding carboxylic acids is 1. The number of methoxy groups -OCH3 is 1. The van der Waals surface area contributed by atoms with Crippen LogP contribution in [0.4, 0.5) is 11.6 Å². The van der Waals surface area contributed by atoms with Gasteiger partial charge >= 0.3 is 0 Å². The van der Waals surface area contributed by atoms with Crippen LogP contribution < -0.4 is 14.8 Å². The second-order valence-corrected chi connectivity index (χ2v) is 8.91. The fraction of sp³-hybridized carbons (Fsp3) is 0.417. The summed E-state index contributed by atoms with van der Waals surface area (Å²) in [6.07, 6.45) is 3.47. The number of rotatable bonds is 6. The molecule has 0 bridgehead atoms. The van der Waals surface area contributed by atoms with Gasteiger partial charge in [0.05, 0.1) is 36.5 Å². The number of nitrogens with zero attached hydrogens (tertiary/aromatic N) is 4. The highest BCUT2D eigenvalue weighted by molar-refractivity contribution is 5.95. The molecule has 1 amide bonds. The molecule has 176 valence electrons. The van der Waals surface area contributed by atoms with Gasteiger partial charge in [-0.1, -0.05) is 0 Å². The largest absolute Gasteiger partial charge is 0.495 e. The molecular weight excluding hydrogens is 436 g/mol. The van der Waals surface area contributed by atoms with E-state index in [-0.39, 0.29) is 23.6 Å². The van der Waals surface area contributed by atoms with E-state index in [0.717, 1.165) is 12.8 Å². The standard InChI is InChI=1S/C24H26N6O4/c1-14-13-30(8-9-33-14)22(31)15-4-5-17(18(10-15)32-3)27-23-28-20-19(16(11-25)12-26-20)21(29-23)34-24(2)6-7-24/h4-5,10,12,14H,6-9,13H2,1-3H3,(H2,26,27,28,29). The number of benzene rings is 1. The summed E-state index contributed by atoms with van der Waals surface area (Å²) in [5, 5.41) is 13.2. The SMILES string of the molecule is COc1cc(C(=O)N2CCOC(C)C2)ccc1Nc1nc(OC2(C)CC2)c2c(C#N)c[nH]c2n1. The minimum atomic E-state index is -0.279. The van der Waals surface area contributed by atoms with Crippen molar-refractivity contribution >= 4 is 28.6 Å². The normalized spacial score (nSPS) is 18.9. The van der Waals surface area contributed by atoms with Gasteiger partial charge in [-0.2, -0.15) is 15.2 Å². The second kappa shape index (κ2) is 8.50. The molecule has 34 heavy (non-hydrogen) atoms. The van der Waals surface area contributed by atoms with Crippen LogP contribution in [0.2, 0.25) is 0 Å². The van der Waals surface area contributed by atoms with Gasteiger partial charge in [-0.15, -0.1) is 0 Å². The Hall–Kier alpha value is -3.84. The Morgan fingerprint density at radius 1 is 1.38 bits per heavy atom. The first-order valence-corrected chi connectivity index (χ1v) is 11.2. The maximum Gasteiger partial charge on any atom is 0.254 e. The topological polar surface area (TPSA) is 125 Å². The first kappa shape index (κ1) is 22.0. The maximum absolute atomic E-state index is 13.0. The quantitative estimate of drug-likeness (QED) is 0.571. The zero-order valence-electron chi connectivity index (χ0n) is 19.3. The number of aromatic nitrogens is 3. The van der Waals surface area contributed by atoms with Gasteiger partial charge in [-0.25, -0.2) is 0 Å². The summed E-state index contributed by atoms with van der Waals surface area (Å²) in [4.78, 5) is 26.8. The third kappa shape index (κ3) is 4.22. The molecule has 1 aromatic carbocycles. The average molecular weight is 463 g/mol. The van der Waals surface area contributed by atoms with Crippen molar-refractivity contribution in [2.24, 2.45) is 0 Å². The highest BCUT2D eigenvalue weighted by atomic mass is 16.5. The molecule has 10 nitrogen and oxygen atoms in total. The molecule has 2 N–H and O–H groups in total. The first-order valence-electron chi connectivity index (χ1n) is 11.2. The molecule has 2 fully saturated rings. The molecule has 5 rings (SSSR count). The number of hydrogen-bond acceptors (Lipinski definition) is 8. The molecule has 2 aliphatic rings. The van der Waals surface area contributed by atoms with Crippen molar-refractivity contribution in [1.82, 2.24) is 19.9 Å². The summed E-state index contributed by atoms with van der Waals surface area (Å²) in [6.45, 7) is 5.61. The number of nitrogens with one attached hydrogen (secondary N) is 2. The van der Waals surface area contributed by atoms with Crippen LogP contribution in [-0.4, -0.2) is 64.3 Å². The Morgan fingerprint density at radius 3 is 2.91 bits per heavy atom. The van der Waals surface area contributed by atoms with Crippen LogP contribution in [0.1, 0.15) is 42.6 Å². The summed E-state index contributed by atoms with van der Waals surface area (Å²) in [5.74, 6) is 1.06. The molecular formula is C24H26N6O4. The van der Waals surface area contributed by atoms with Crippen LogP contribution in [0.15, 0.2) is 24.4 Å². The number of H-pyrrole nitrogens is 1. The third-order valence-electron chi connectivity index (χ3n) is 6.14. The van der Waals surface area contributed by atoms with Crippen molar-refractivity contribution < 1.29 is 19.0 Å². The van der Waals surface area contributed by atoms with E-state index in [1.807, 2.05) is 13.8 Å². The Morgan fingerprint density at radius 2 is 2.21 bits per heavy atom. The Balaban J connectivity index is 1.44. The predicted molar refractivity (Wildman–Crippen MR) is 124 cm³/mol. The van der Waals surface area contributed by atoms with Crippen molar-refractivity contribution in [3.63, 3.8) is 0 Å². The fourth-order valence-electron chi connectivity index (χ4n) is 3.96. The van der Waals surface area contributed by atoms with Crippen molar-refractivity contribution in [2.75, 3.05) is 32.1 Å². The Kier molecular flexibility index (Phi) is 5.49. The second-order valence-electron chi connectivity index (χ2n) is 8.91. The minimum absolute atomic E-state index is 0.0106. The van der Waals surface area contributed by atoms with Crippen LogP contribution in [0.3, 0.4) is 0 Å². The van der Waals surface area contributed by atoms with E-state index in [2.05, 4.69) is 26.3 Å². The van der Waals surface area contributed by atoms with Crippen molar-refractivity contribution in [3.05, 3.63) is 35.5 Å². The molecule has 1 saturated heterocycles. The third-order valence-corrected chi connectivity index (χ3v) is 6.14. The van der Waals surface area contributed by atoms with Crippen molar-refractivity contribution in [2.45, 2.75) is 38.4 Å². The summed E-state index contributed by atoms with van der Waals surface area (Å²) in [7, 11) is 1.54. The lowest BCUT2D eigenvalue weighted by Crippen LogP contribution is -2.44. The van der Waals surface area contributed by atoms with Gasteiger partial charge in [0.15, 0.2) is 0 Å². The number of aromatic amines is 1. The highest BCUT2D eigenvalue weighted by Crippen LogP contribution is 2.41. The van der Waals surface area contributed by atoms with Crippen LogP contribution in [0, 0.1) is 11.3 Å². The van der Waals surface area contributed by atoms with Gasteiger partial charge in [-0.05, 0) is 44.9 Å². The summed E-state index contributed by atoms with van der Waals surface area (Å²) in [6, 6.07) is 7.37. The zero-order valence-corrected chi connectivity index (χ0v) is 19.3. The molecule has 1 atom stereocenters. The lowest BCUT2D eigenvalue weighted by atomic mass is 10.1. The van der Waals surface area contributed by atoms with Crippen molar-refractivity contribution in [1.29, 1.82) is 5.26 Å². The number of fused-ring (bicyclic) bond motifs is 1. The van der Waals surface area contributed by atoms with Crippen LogP contribution in [0.25, 0.3) is 11.0 Å². The molecule has 2 aromatic heterocycles. The lowest BCUT2D eigenvalue weighted by molar-refractivity contribution is -0.0124. The summed E-state index contributed by atoms with van der Waals surface area (Å²) < 4.78 is 17.2. The van der Waals surface area contributed by atoms with Crippen LogP contribution in [0.5, 0.6) is 11.6 Å². The lowest BCUT2D eigenvalue weighted by Gasteiger charge is -2.31. The fourth-order valence-corrected chi connectivity index (χ4v) is 3.96. The van der Waals surface area contributed by atoms with E-state index < -0.39 is 0 Å². The number of hydrogen-bond donors (Lipinski definition) is 2. The maximum atomic E-state index is 13.0. The van der Waals surface area contributed by atoms with E-state index in [0.29, 0.717) is 59.2 Å². The van der Waals surface area contributed by atoms with E-state index >= 15 is 0 Å². The highest BCUT2D eigenvalue weighted by Gasteiger charge is 2.41. The number of nitriles is 1. The molecule has 0 spiro atoms. The van der Waals surface area contributed by atoms with Gasteiger partial charge in [0.25, 0.3) is 5.91 Å². The van der Waals surface area contributed by atoms with Gasteiger partial charge in [0, 0.05) is 24.8 Å². The number of amides is 1. The van der Waals surface area contributed by atoms with Gasteiger partial charge in [-0.3, -0.25) is 4.79 Å². The van der Waals surface area contributed by atoms with E-state index in [1.165, 1.54) is 0 Å². The van der Waals surface area contributed by atoms with Crippen molar-refractivity contribution in [3.8, 4) is 17.7 Å². The number of carbonyl (C=O) groups is 1. The molecule has 1 aliphatic heterocycles. The number of anilines is 2. The Labute approximate surface area is 196 Å². The van der Waals surface area contributed by atoms with Crippen LogP contribution in [-0.2, 0) is 4.74 Å². The molecule has 1 aliphatic carbocycles. The van der Waals surface area contributed by atoms with Gasteiger partial charge < -0.3 is 29.4 Å². The van der Waals surface area contributed by atoms with Gasteiger partial charge in [0.1, 0.15) is 23.1 Å². The first-order chi connectivity index (χ1) is 16.4. The minimum Gasteiger partial charge on any atom is -0.495 e. The summed E-state index contributed by atoms with van der Waals surface area (Å²) in [5.41, 5.74) is 1.78. The Bertz CT molecular complexity index is 1290. The predicted octanol–water partition coefficient (Wildman–Crippen LogP) is 3.37. The molecule has 0 radical (unpaired) electrons. The molecule has 10 heteroatoms. The molecule has 3 heterocycles. The molecule has 1 saturated carbocycles.